The Morgan fingerprint density at radius 1 is 1.44 bits per heavy atom. The molecule has 0 amide bonds. The van der Waals surface area contributed by atoms with Crippen molar-refractivity contribution < 1.29 is 9.53 Å². The summed E-state index contributed by atoms with van der Waals surface area (Å²) in [7, 11) is 1.40. The monoisotopic (exact) mass is 220 g/mol. The highest BCUT2D eigenvalue weighted by Crippen LogP contribution is 2.15. The zero-order valence-corrected chi connectivity index (χ0v) is 9.32. The smallest absolute Gasteiger partial charge is 0.337 e. The molecule has 2 N–H and O–H groups in total. The van der Waals surface area contributed by atoms with Gasteiger partial charge < -0.3 is 15.4 Å². The van der Waals surface area contributed by atoms with Crippen molar-refractivity contribution in [3.05, 3.63) is 35.4 Å². The van der Waals surface area contributed by atoms with Crippen molar-refractivity contribution in [3.8, 4) is 0 Å². The molecule has 1 aromatic carbocycles. The summed E-state index contributed by atoms with van der Waals surface area (Å²) in [6, 6.07) is 7.84. The normalized spacial score (nSPS) is 20.4. The summed E-state index contributed by atoms with van der Waals surface area (Å²) in [6.07, 6.45) is 0. The summed E-state index contributed by atoms with van der Waals surface area (Å²) in [6.45, 7) is 2.84. The van der Waals surface area contributed by atoms with Crippen molar-refractivity contribution in [2.24, 2.45) is 0 Å². The van der Waals surface area contributed by atoms with Gasteiger partial charge in [-0.1, -0.05) is 12.1 Å². The van der Waals surface area contributed by atoms with E-state index in [1.54, 1.807) is 6.07 Å². The second-order valence-corrected chi connectivity index (χ2v) is 3.83. The Balaban J connectivity index is 2.17. The van der Waals surface area contributed by atoms with E-state index in [1.165, 1.54) is 7.11 Å². The molecule has 1 aromatic rings. The number of hydrogen-bond donors (Lipinski definition) is 2. The second kappa shape index (κ2) is 5.09. The average molecular weight is 220 g/mol. The quantitative estimate of drug-likeness (QED) is 0.721. The Hall–Kier alpha value is -1.39. The fourth-order valence-electron chi connectivity index (χ4n) is 1.89. The first-order chi connectivity index (χ1) is 7.81. The molecule has 1 atom stereocenters. The molecular formula is C12H16N2O2. The Labute approximate surface area is 95.0 Å². The molecule has 4 heteroatoms. The van der Waals surface area contributed by atoms with Crippen molar-refractivity contribution in [1.29, 1.82) is 0 Å². The van der Waals surface area contributed by atoms with Crippen LogP contribution in [0.25, 0.3) is 0 Å². The Morgan fingerprint density at radius 2 is 2.31 bits per heavy atom. The van der Waals surface area contributed by atoms with Crippen LogP contribution in [0.4, 0.5) is 0 Å². The van der Waals surface area contributed by atoms with Crippen LogP contribution in [-0.4, -0.2) is 32.7 Å². The summed E-state index contributed by atoms with van der Waals surface area (Å²) < 4.78 is 4.70. The number of carbonyl (C=O) groups is 1. The topological polar surface area (TPSA) is 50.4 Å². The van der Waals surface area contributed by atoms with Gasteiger partial charge in [0.05, 0.1) is 12.7 Å². The molecule has 1 saturated heterocycles. The SMILES string of the molecule is COC(=O)c1cccc(C2CNCCN2)c1. The highest BCUT2D eigenvalue weighted by Gasteiger charge is 2.15. The molecule has 1 aliphatic heterocycles. The summed E-state index contributed by atoms with van der Waals surface area (Å²) in [5, 5.41) is 6.72. The van der Waals surface area contributed by atoms with Crippen LogP contribution >= 0.6 is 0 Å². The lowest BCUT2D eigenvalue weighted by molar-refractivity contribution is 0.0600. The van der Waals surface area contributed by atoms with E-state index in [-0.39, 0.29) is 12.0 Å². The Bertz CT molecular complexity index is 373. The van der Waals surface area contributed by atoms with Crippen LogP contribution in [0.15, 0.2) is 24.3 Å². The van der Waals surface area contributed by atoms with Crippen LogP contribution in [0.1, 0.15) is 22.0 Å². The first-order valence-electron chi connectivity index (χ1n) is 5.43. The maximum absolute atomic E-state index is 11.4. The molecule has 1 aliphatic rings. The molecule has 0 aliphatic carbocycles. The van der Waals surface area contributed by atoms with Gasteiger partial charge in [-0.25, -0.2) is 4.79 Å². The molecule has 1 heterocycles. The number of nitrogens with one attached hydrogen (secondary N) is 2. The van der Waals surface area contributed by atoms with Gasteiger partial charge in [0.1, 0.15) is 0 Å². The molecule has 0 radical (unpaired) electrons. The summed E-state index contributed by atoms with van der Waals surface area (Å²) in [5.74, 6) is -0.286. The predicted octanol–water partition coefficient (Wildman–Crippen LogP) is 0.707. The predicted molar refractivity (Wildman–Crippen MR) is 61.4 cm³/mol. The summed E-state index contributed by atoms with van der Waals surface area (Å²) in [4.78, 5) is 11.4. The third-order valence-electron chi connectivity index (χ3n) is 2.75. The number of piperazine rings is 1. The zero-order chi connectivity index (χ0) is 11.4. The van der Waals surface area contributed by atoms with Crippen molar-refractivity contribution >= 4 is 5.97 Å². The molecule has 2 rings (SSSR count). The molecule has 0 bridgehead atoms. The van der Waals surface area contributed by atoms with Crippen molar-refractivity contribution in [2.45, 2.75) is 6.04 Å². The minimum Gasteiger partial charge on any atom is -0.465 e. The number of esters is 1. The molecule has 0 saturated carbocycles. The molecule has 16 heavy (non-hydrogen) atoms. The van der Waals surface area contributed by atoms with Gasteiger partial charge in [-0.15, -0.1) is 0 Å². The van der Waals surface area contributed by atoms with Crippen LogP contribution in [0.3, 0.4) is 0 Å². The van der Waals surface area contributed by atoms with Gasteiger partial charge in [-0.3, -0.25) is 0 Å². The number of hydrogen-bond acceptors (Lipinski definition) is 4. The lowest BCUT2D eigenvalue weighted by Gasteiger charge is -2.25. The van der Waals surface area contributed by atoms with E-state index < -0.39 is 0 Å². The maximum atomic E-state index is 11.4. The number of methoxy groups -OCH3 is 1. The second-order valence-electron chi connectivity index (χ2n) is 3.83. The van der Waals surface area contributed by atoms with Crippen LogP contribution in [0, 0.1) is 0 Å². The van der Waals surface area contributed by atoms with E-state index in [4.69, 9.17) is 4.74 Å². The van der Waals surface area contributed by atoms with E-state index in [0.717, 1.165) is 25.2 Å². The van der Waals surface area contributed by atoms with Crippen LogP contribution in [-0.2, 0) is 4.74 Å². The highest BCUT2D eigenvalue weighted by molar-refractivity contribution is 5.89. The number of carbonyl (C=O) groups excluding carboxylic acids is 1. The Morgan fingerprint density at radius 3 is 3.00 bits per heavy atom. The van der Waals surface area contributed by atoms with Gasteiger partial charge in [-0.2, -0.15) is 0 Å². The fraction of sp³-hybridized carbons (Fsp3) is 0.417. The molecular weight excluding hydrogens is 204 g/mol. The van der Waals surface area contributed by atoms with E-state index in [9.17, 15) is 4.79 Å². The first kappa shape index (κ1) is 11.1. The van der Waals surface area contributed by atoms with Gasteiger partial charge in [-0.05, 0) is 17.7 Å². The van der Waals surface area contributed by atoms with Crippen LogP contribution in [0.2, 0.25) is 0 Å². The lowest BCUT2D eigenvalue weighted by Crippen LogP contribution is -2.42. The largest absolute Gasteiger partial charge is 0.465 e. The first-order valence-corrected chi connectivity index (χ1v) is 5.43. The standard InChI is InChI=1S/C12H16N2O2/c1-16-12(15)10-4-2-3-9(7-10)11-8-13-5-6-14-11/h2-4,7,11,13-14H,5-6,8H2,1H3. The summed E-state index contributed by atoms with van der Waals surface area (Å²) >= 11 is 0. The van der Waals surface area contributed by atoms with Crippen molar-refractivity contribution in [3.63, 3.8) is 0 Å². The van der Waals surface area contributed by atoms with E-state index in [2.05, 4.69) is 10.6 Å². The number of rotatable bonds is 2. The Kier molecular flexibility index (Phi) is 3.54. The zero-order valence-electron chi connectivity index (χ0n) is 9.32. The van der Waals surface area contributed by atoms with Crippen LogP contribution in [0.5, 0.6) is 0 Å². The third kappa shape index (κ3) is 2.40. The molecule has 1 unspecified atom stereocenters. The van der Waals surface area contributed by atoms with Crippen LogP contribution < -0.4 is 10.6 Å². The van der Waals surface area contributed by atoms with E-state index in [1.807, 2.05) is 18.2 Å². The number of ether oxygens (including phenoxy) is 1. The third-order valence-corrected chi connectivity index (χ3v) is 2.75. The van der Waals surface area contributed by atoms with Gasteiger partial charge in [0.25, 0.3) is 0 Å². The average Bonchev–Trinajstić information content (AvgIpc) is 2.39. The minimum absolute atomic E-state index is 0.276. The lowest BCUT2D eigenvalue weighted by atomic mass is 10.0. The molecule has 86 valence electrons. The van der Waals surface area contributed by atoms with Gasteiger partial charge in [0, 0.05) is 25.7 Å². The highest BCUT2D eigenvalue weighted by atomic mass is 16.5. The minimum atomic E-state index is -0.286. The molecule has 0 spiro atoms. The van der Waals surface area contributed by atoms with E-state index >= 15 is 0 Å². The van der Waals surface area contributed by atoms with Gasteiger partial charge in [0.2, 0.25) is 0 Å². The molecule has 4 nitrogen and oxygen atoms in total. The van der Waals surface area contributed by atoms with Crippen molar-refractivity contribution in [2.75, 3.05) is 26.7 Å². The number of benzene rings is 1. The molecule has 0 aromatic heterocycles. The maximum Gasteiger partial charge on any atom is 0.337 e. The van der Waals surface area contributed by atoms with Crippen molar-refractivity contribution in [1.82, 2.24) is 10.6 Å². The van der Waals surface area contributed by atoms with Gasteiger partial charge >= 0.3 is 5.97 Å². The van der Waals surface area contributed by atoms with Gasteiger partial charge in [0.15, 0.2) is 0 Å². The fourth-order valence-corrected chi connectivity index (χ4v) is 1.89. The summed E-state index contributed by atoms with van der Waals surface area (Å²) in [5.41, 5.74) is 1.72. The van der Waals surface area contributed by atoms with E-state index in [0.29, 0.717) is 5.56 Å². The molecule has 1 fully saturated rings.